The van der Waals surface area contributed by atoms with E-state index in [1.165, 1.54) is 12.8 Å². The maximum Gasteiger partial charge on any atom is 0.129 e. The highest BCUT2D eigenvalue weighted by atomic mass is 79.9. The fraction of sp³-hybridized carbons (Fsp3) is 0.600. The van der Waals surface area contributed by atoms with Gasteiger partial charge in [0.05, 0.1) is 4.47 Å². The molecule has 1 aromatic heterocycles. The van der Waals surface area contributed by atoms with Gasteiger partial charge in [0.2, 0.25) is 0 Å². The lowest BCUT2D eigenvalue weighted by atomic mass is 10.1. The second-order valence-corrected chi connectivity index (χ2v) is 4.67. The quantitative estimate of drug-likeness (QED) is 0.892. The number of aromatic nitrogens is 2. The van der Waals surface area contributed by atoms with Gasteiger partial charge in [0, 0.05) is 24.9 Å². The van der Waals surface area contributed by atoms with Gasteiger partial charge in [0.15, 0.2) is 0 Å². The van der Waals surface area contributed by atoms with Gasteiger partial charge < -0.3 is 5.32 Å². The van der Waals surface area contributed by atoms with E-state index < -0.39 is 0 Å². The van der Waals surface area contributed by atoms with Crippen LogP contribution in [0, 0.1) is 5.92 Å². The molecule has 4 heteroatoms. The van der Waals surface area contributed by atoms with Gasteiger partial charge in [-0.3, -0.25) is 0 Å². The summed E-state index contributed by atoms with van der Waals surface area (Å²) in [6.45, 7) is 0. The van der Waals surface area contributed by atoms with E-state index in [4.69, 9.17) is 0 Å². The summed E-state index contributed by atoms with van der Waals surface area (Å²) in [5.41, 5.74) is 0. The molecule has 1 aliphatic rings. The molecule has 1 atom stereocenters. The summed E-state index contributed by atoms with van der Waals surface area (Å²) in [7, 11) is 2.02. The van der Waals surface area contributed by atoms with Crippen LogP contribution >= 0.6 is 15.9 Å². The van der Waals surface area contributed by atoms with Crippen molar-refractivity contribution in [3.63, 3.8) is 0 Å². The number of halogens is 1. The Kier molecular flexibility index (Phi) is 3.13. The van der Waals surface area contributed by atoms with E-state index in [0.29, 0.717) is 6.04 Å². The summed E-state index contributed by atoms with van der Waals surface area (Å²) in [5.74, 6) is 1.77. The first-order valence-corrected chi connectivity index (χ1v) is 5.72. The van der Waals surface area contributed by atoms with Crippen molar-refractivity contribution < 1.29 is 0 Å². The van der Waals surface area contributed by atoms with Crippen LogP contribution in [0.15, 0.2) is 16.9 Å². The summed E-state index contributed by atoms with van der Waals surface area (Å²) >= 11 is 3.33. The molecule has 0 aliphatic heterocycles. The molecule has 0 bridgehead atoms. The van der Waals surface area contributed by atoms with Crippen molar-refractivity contribution in [1.29, 1.82) is 0 Å². The molecular weight excluding hydrogens is 242 g/mol. The summed E-state index contributed by atoms with van der Waals surface area (Å²) < 4.78 is 0.939. The van der Waals surface area contributed by atoms with E-state index in [1.807, 2.05) is 19.4 Å². The molecule has 2 rings (SSSR count). The lowest BCUT2D eigenvalue weighted by Gasteiger charge is -2.13. The summed E-state index contributed by atoms with van der Waals surface area (Å²) in [5, 5.41) is 3.34. The molecule has 1 unspecified atom stereocenters. The number of rotatable bonds is 4. The number of nitrogens with zero attached hydrogens (tertiary/aromatic N) is 2. The van der Waals surface area contributed by atoms with Crippen LogP contribution in [-0.4, -0.2) is 23.1 Å². The largest absolute Gasteiger partial charge is 0.316 e. The standard InChI is InChI=1S/C10H14BrN3/c1-12-9(7-2-3-7)4-10-13-5-8(11)6-14-10/h5-7,9,12H,2-4H2,1H3. The fourth-order valence-electron chi connectivity index (χ4n) is 1.64. The third kappa shape index (κ3) is 2.51. The van der Waals surface area contributed by atoms with Gasteiger partial charge in [-0.25, -0.2) is 9.97 Å². The zero-order valence-electron chi connectivity index (χ0n) is 8.20. The molecule has 76 valence electrons. The van der Waals surface area contributed by atoms with Gasteiger partial charge in [-0.1, -0.05) is 0 Å². The van der Waals surface area contributed by atoms with Crippen LogP contribution in [0.1, 0.15) is 18.7 Å². The van der Waals surface area contributed by atoms with Crippen molar-refractivity contribution in [3.8, 4) is 0 Å². The Labute approximate surface area is 92.5 Å². The Bertz CT molecular complexity index is 295. The van der Waals surface area contributed by atoms with Crippen molar-refractivity contribution in [1.82, 2.24) is 15.3 Å². The summed E-state index contributed by atoms with van der Waals surface area (Å²) in [4.78, 5) is 8.56. The van der Waals surface area contributed by atoms with Crippen molar-refractivity contribution >= 4 is 15.9 Å². The number of likely N-dealkylation sites (N-methyl/N-ethyl adjacent to an activating group) is 1. The third-order valence-corrected chi connectivity index (χ3v) is 3.05. The van der Waals surface area contributed by atoms with E-state index >= 15 is 0 Å². The van der Waals surface area contributed by atoms with Crippen LogP contribution in [0.25, 0.3) is 0 Å². The molecule has 0 amide bonds. The van der Waals surface area contributed by atoms with Crippen LogP contribution in [-0.2, 0) is 6.42 Å². The zero-order chi connectivity index (χ0) is 9.97. The molecule has 0 spiro atoms. The smallest absolute Gasteiger partial charge is 0.129 e. The van der Waals surface area contributed by atoms with Crippen molar-refractivity contribution in [2.75, 3.05) is 7.05 Å². The molecule has 1 N–H and O–H groups in total. The highest BCUT2D eigenvalue weighted by Gasteiger charge is 2.30. The molecule has 0 aromatic carbocycles. The molecule has 1 heterocycles. The predicted molar refractivity (Wildman–Crippen MR) is 59.0 cm³/mol. The van der Waals surface area contributed by atoms with Crippen LogP contribution in [0.4, 0.5) is 0 Å². The molecular formula is C10H14BrN3. The summed E-state index contributed by atoms with van der Waals surface area (Å²) in [6.07, 6.45) is 7.25. The van der Waals surface area contributed by atoms with Crippen LogP contribution in [0.2, 0.25) is 0 Å². The Balaban J connectivity index is 1.98. The molecule has 1 fully saturated rings. The van der Waals surface area contributed by atoms with E-state index in [2.05, 4.69) is 31.2 Å². The molecule has 1 aromatic rings. The van der Waals surface area contributed by atoms with E-state index in [-0.39, 0.29) is 0 Å². The Morgan fingerprint density at radius 2 is 2.14 bits per heavy atom. The minimum atomic E-state index is 0.552. The van der Waals surface area contributed by atoms with Crippen molar-refractivity contribution in [2.45, 2.75) is 25.3 Å². The average Bonchev–Trinajstić information content (AvgIpc) is 3.01. The fourth-order valence-corrected chi connectivity index (χ4v) is 1.85. The Morgan fingerprint density at radius 1 is 1.50 bits per heavy atom. The number of hydrogen-bond donors (Lipinski definition) is 1. The van der Waals surface area contributed by atoms with E-state index in [1.54, 1.807) is 0 Å². The highest BCUT2D eigenvalue weighted by molar-refractivity contribution is 9.10. The predicted octanol–water partition coefficient (Wildman–Crippen LogP) is 1.78. The summed E-state index contributed by atoms with van der Waals surface area (Å²) in [6, 6.07) is 0.552. The minimum Gasteiger partial charge on any atom is -0.316 e. The molecule has 14 heavy (non-hydrogen) atoms. The third-order valence-electron chi connectivity index (χ3n) is 2.64. The van der Waals surface area contributed by atoms with E-state index in [9.17, 15) is 0 Å². The highest BCUT2D eigenvalue weighted by Crippen LogP contribution is 2.33. The first-order chi connectivity index (χ1) is 6.79. The van der Waals surface area contributed by atoms with Gasteiger partial charge >= 0.3 is 0 Å². The monoisotopic (exact) mass is 255 g/mol. The number of hydrogen-bond acceptors (Lipinski definition) is 3. The van der Waals surface area contributed by atoms with Gasteiger partial charge in [-0.05, 0) is 41.7 Å². The van der Waals surface area contributed by atoms with Gasteiger partial charge in [0.25, 0.3) is 0 Å². The normalized spacial score (nSPS) is 18.1. The lowest BCUT2D eigenvalue weighted by molar-refractivity contribution is 0.489. The number of nitrogens with one attached hydrogen (secondary N) is 1. The molecule has 0 radical (unpaired) electrons. The topological polar surface area (TPSA) is 37.8 Å². The molecule has 1 aliphatic carbocycles. The SMILES string of the molecule is CNC(Cc1ncc(Br)cn1)C1CC1. The molecule has 0 saturated heterocycles. The van der Waals surface area contributed by atoms with Crippen molar-refractivity contribution in [3.05, 3.63) is 22.7 Å². The maximum atomic E-state index is 4.28. The zero-order valence-corrected chi connectivity index (χ0v) is 9.79. The Morgan fingerprint density at radius 3 is 2.64 bits per heavy atom. The van der Waals surface area contributed by atoms with Gasteiger partial charge in [0.1, 0.15) is 5.82 Å². The maximum absolute atomic E-state index is 4.28. The van der Waals surface area contributed by atoms with Crippen LogP contribution in [0.5, 0.6) is 0 Å². The van der Waals surface area contributed by atoms with E-state index in [0.717, 1.165) is 22.6 Å². The van der Waals surface area contributed by atoms with Gasteiger partial charge in [-0.2, -0.15) is 0 Å². The first kappa shape index (κ1) is 10.1. The lowest BCUT2D eigenvalue weighted by Crippen LogP contribution is -2.30. The average molecular weight is 256 g/mol. The minimum absolute atomic E-state index is 0.552. The van der Waals surface area contributed by atoms with Crippen molar-refractivity contribution in [2.24, 2.45) is 5.92 Å². The second-order valence-electron chi connectivity index (χ2n) is 3.75. The van der Waals surface area contributed by atoms with Gasteiger partial charge in [-0.15, -0.1) is 0 Å². The van der Waals surface area contributed by atoms with Crippen LogP contribution < -0.4 is 5.32 Å². The second kappa shape index (κ2) is 4.36. The Hall–Kier alpha value is -0.480. The first-order valence-electron chi connectivity index (χ1n) is 4.93. The molecule has 3 nitrogen and oxygen atoms in total. The van der Waals surface area contributed by atoms with Crippen LogP contribution in [0.3, 0.4) is 0 Å². The molecule has 1 saturated carbocycles.